The van der Waals surface area contributed by atoms with E-state index in [4.69, 9.17) is 0 Å². The highest BCUT2D eigenvalue weighted by Crippen LogP contribution is 2.56. The molecule has 0 saturated heterocycles. The van der Waals surface area contributed by atoms with Crippen LogP contribution in [0.1, 0.15) is 71.0 Å². The van der Waals surface area contributed by atoms with Crippen molar-refractivity contribution in [3.63, 3.8) is 0 Å². The van der Waals surface area contributed by atoms with Crippen LogP contribution in [-0.4, -0.2) is 12.5 Å². The number of hydrogen-bond donors (Lipinski definition) is 1. The lowest BCUT2D eigenvalue weighted by Crippen LogP contribution is -2.25. The van der Waals surface area contributed by atoms with Gasteiger partial charge in [-0.15, -0.1) is 0 Å². The Hall–Kier alpha value is -2.09. The molecular formula is C24H27NO. The monoisotopic (exact) mass is 345 g/mol. The van der Waals surface area contributed by atoms with E-state index >= 15 is 0 Å². The average molecular weight is 345 g/mol. The third kappa shape index (κ3) is 2.96. The molecule has 4 aliphatic rings. The second-order valence-electron chi connectivity index (χ2n) is 8.64. The van der Waals surface area contributed by atoms with E-state index in [9.17, 15) is 4.79 Å². The number of carbonyl (C=O) groups excluding carboxylic acids is 1. The third-order valence-electron chi connectivity index (χ3n) is 6.90. The van der Waals surface area contributed by atoms with Gasteiger partial charge in [0, 0.05) is 12.1 Å². The zero-order valence-corrected chi connectivity index (χ0v) is 15.3. The Balaban J connectivity index is 1.28. The van der Waals surface area contributed by atoms with Gasteiger partial charge < -0.3 is 5.32 Å². The van der Waals surface area contributed by atoms with Gasteiger partial charge in [0.25, 0.3) is 5.91 Å². The lowest BCUT2D eigenvalue weighted by Gasteiger charge is -2.38. The van der Waals surface area contributed by atoms with Crippen molar-refractivity contribution >= 4 is 5.91 Å². The summed E-state index contributed by atoms with van der Waals surface area (Å²) in [6.07, 6.45) is 8.07. The lowest BCUT2D eigenvalue weighted by atomic mass is 9.67. The van der Waals surface area contributed by atoms with Crippen molar-refractivity contribution in [2.75, 3.05) is 6.54 Å². The lowest BCUT2D eigenvalue weighted by molar-refractivity contribution is 0.0954. The van der Waals surface area contributed by atoms with E-state index < -0.39 is 0 Å². The molecule has 1 N–H and O–H groups in total. The number of rotatable bonds is 4. The minimum absolute atomic E-state index is 0.0244. The van der Waals surface area contributed by atoms with Crippen LogP contribution in [0.5, 0.6) is 0 Å². The van der Waals surface area contributed by atoms with Crippen LogP contribution in [0.25, 0.3) is 0 Å². The van der Waals surface area contributed by atoms with Gasteiger partial charge in [-0.25, -0.2) is 0 Å². The Morgan fingerprint density at radius 1 is 0.846 bits per heavy atom. The maximum atomic E-state index is 12.2. The molecule has 134 valence electrons. The molecule has 0 radical (unpaired) electrons. The van der Waals surface area contributed by atoms with Crippen LogP contribution in [0.3, 0.4) is 0 Å². The molecule has 2 aromatic carbocycles. The minimum atomic E-state index is 0.0244. The summed E-state index contributed by atoms with van der Waals surface area (Å²) in [5.41, 5.74) is 5.41. The fraction of sp³-hybridized carbons (Fsp3) is 0.458. The van der Waals surface area contributed by atoms with E-state index in [0.717, 1.165) is 35.7 Å². The molecule has 2 heteroatoms. The summed E-state index contributed by atoms with van der Waals surface area (Å²) in [7, 11) is 0. The molecule has 1 amide bonds. The Kier molecular flexibility index (Phi) is 4.07. The van der Waals surface area contributed by atoms with Crippen molar-refractivity contribution in [3.8, 4) is 0 Å². The molecule has 4 aliphatic carbocycles. The predicted molar refractivity (Wildman–Crippen MR) is 104 cm³/mol. The van der Waals surface area contributed by atoms with Crippen molar-refractivity contribution in [1.29, 1.82) is 0 Å². The van der Waals surface area contributed by atoms with Crippen molar-refractivity contribution in [3.05, 3.63) is 70.8 Å². The van der Waals surface area contributed by atoms with Crippen LogP contribution in [0.2, 0.25) is 0 Å². The molecule has 2 saturated carbocycles. The van der Waals surface area contributed by atoms with Gasteiger partial charge in [-0.1, -0.05) is 36.4 Å². The Labute approximate surface area is 156 Å². The summed E-state index contributed by atoms with van der Waals surface area (Å²) >= 11 is 0. The molecule has 0 aliphatic heterocycles. The summed E-state index contributed by atoms with van der Waals surface area (Å²) in [5.74, 6) is 3.57. The third-order valence-corrected chi connectivity index (χ3v) is 6.90. The quantitative estimate of drug-likeness (QED) is 0.825. The largest absolute Gasteiger partial charge is 0.352 e. The molecule has 2 aromatic rings. The topological polar surface area (TPSA) is 29.1 Å². The molecule has 26 heavy (non-hydrogen) atoms. The molecule has 2 atom stereocenters. The highest BCUT2D eigenvalue weighted by atomic mass is 16.1. The summed E-state index contributed by atoms with van der Waals surface area (Å²) in [6.45, 7) is 0.700. The van der Waals surface area contributed by atoms with Crippen molar-refractivity contribution in [2.45, 2.75) is 50.4 Å². The highest BCUT2D eigenvalue weighted by molar-refractivity contribution is 5.94. The fourth-order valence-corrected chi connectivity index (χ4v) is 5.88. The first-order chi connectivity index (χ1) is 12.8. The second kappa shape index (κ2) is 6.57. The molecule has 2 nitrogen and oxygen atoms in total. The Bertz CT molecular complexity index is 798. The highest BCUT2D eigenvalue weighted by Gasteiger charge is 2.41. The van der Waals surface area contributed by atoms with Gasteiger partial charge in [-0.3, -0.25) is 4.79 Å². The van der Waals surface area contributed by atoms with E-state index in [1.165, 1.54) is 37.7 Å². The van der Waals surface area contributed by atoms with Crippen LogP contribution in [0.4, 0.5) is 0 Å². The molecule has 2 unspecified atom stereocenters. The van der Waals surface area contributed by atoms with E-state index in [-0.39, 0.29) is 5.91 Å². The average Bonchev–Trinajstić information content (AvgIpc) is 2.83. The van der Waals surface area contributed by atoms with Crippen LogP contribution in [0.15, 0.2) is 48.5 Å². The Morgan fingerprint density at radius 2 is 1.54 bits per heavy atom. The maximum Gasteiger partial charge on any atom is 0.251 e. The first-order valence-corrected chi connectivity index (χ1v) is 10.2. The first kappa shape index (κ1) is 16.1. The van der Waals surface area contributed by atoms with Crippen LogP contribution in [-0.2, 0) is 6.42 Å². The van der Waals surface area contributed by atoms with Gasteiger partial charge in [-0.05, 0) is 91.0 Å². The van der Waals surface area contributed by atoms with Gasteiger partial charge in [0.2, 0.25) is 0 Å². The zero-order chi connectivity index (χ0) is 17.5. The van der Waals surface area contributed by atoms with Crippen molar-refractivity contribution in [1.82, 2.24) is 5.32 Å². The summed E-state index contributed by atoms with van der Waals surface area (Å²) in [5, 5.41) is 3.06. The van der Waals surface area contributed by atoms with Gasteiger partial charge >= 0.3 is 0 Å². The predicted octanol–water partition coefficient (Wildman–Crippen LogP) is 5.05. The van der Waals surface area contributed by atoms with E-state index in [2.05, 4.69) is 23.5 Å². The van der Waals surface area contributed by atoms with E-state index in [1.807, 2.05) is 30.3 Å². The summed E-state index contributed by atoms with van der Waals surface area (Å²) < 4.78 is 0. The van der Waals surface area contributed by atoms with E-state index in [0.29, 0.717) is 6.54 Å². The number of benzene rings is 2. The number of amides is 1. The van der Waals surface area contributed by atoms with Crippen molar-refractivity contribution in [2.24, 2.45) is 11.8 Å². The standard InChI is InChI=1S/C24H27NO/c26-24(19-4-2-1-3-5-19)25-9-8-16-6-7-22-20-11-17-10-18(12-20)14-21(13-17)23(22)15-16/h1-7,15,17-18,20-21H,8-14H2,(H,25,26). The fourth-order valence-electron chi connectivity index (χ4n) is 5.88. The van der Waals surface area contributed by atoms with Crippen LogP contribution in [0, 0.1) is 11.8 Å². The van der Waals surface area contributed by atoms with Gasteiger partial charge in [-0.2, -0.15) is 0 Å². The number of carbonyl (C=O) groups is 1. The molecule has 0 spiro atoms. The molecular weight excluding hydrogens is 318 g/mol. The zero-order valence-electron chi connectivity index (χ0n) is 15.3. The number of nitrogens with one attached hydrogen (secondary N) is 1. The van der Waals surface area contributed by atoms with E-state index in [1.54, 1.807) is 11.1 Å². The van der Waals surface area contributed by atoms with Crippen LogP contribution >= 0.6 is 0 Å². The summed E-state index contributed by atoms with van der Waals surface area (Å²) in [4.78, 5) is 12.2. The normalized spacial score (nSPS) is 28.5. The molecule has 4 bridgehead atoms. The van der Waals surface area contributed by atoms with Crippen molar-refractivity contribution < 1.29 is 4.79 Å². The molecule has 2 fully saturated rings. The minimum Gasteiger partial charge on any atom is -0.352 e. The molecule has 0 aromatic heterocycles. The summed E-state index contributed by atoms with van der Waals surface area (Å²) in [6, 6.07) is 16.7. The van der Waals surface area contributed by atoms with Gasteiger partial charge in [0.05, 0.1) is 0 Å². The second-order valence-corrected chi connectivity index (χ2v) is 8.64. The smallest absolute Gasteiger partial charge is 0.251 e. The van der Waals surface area contributed by atoms with Crippen LogP contribution < -0.4 is 5.32 Å². The maximum absolute atomic E-state index is 12.2. The Morgan fingerprint density at radius 3 is 2.27 bits per heavy atom. The first-order valence-electron chi connectivity index (χ1n) is 10.2. The molecule has 6 rings (SSSR count). The number of hydrogen-bond acceptors (Lipinski definition) is 1. The molecule has 0 heterocycles. The van der Waals surface area contributed by atoms with Gasteiger partial charge in [0.1, 0.15) is 0 Å². The SMILES string of the molecule is O=C(NCCc1ccc2c(c1)C1CC3CC(CC2C3)C1)c1ccccc1. The van der Waals surface area contributed by atoms with Gasteiger partial charge in [0.15, 0.2) is 0 Å².